The predicted molar refractivity (Wildman–Crippen MR) is 96.0 cm³/mol. The lowest BCUT2D eigenvalue weighted by molar-refractivity contribution is -0.137. The Hall–Kier alpha value is -2.11. The maximum Gasteiger partial charge on any atom is 0.225 e. The summed E-state index contributed by atoms with van der Waals surface area (Å²) in [6, 6.07) is 14.1. The molecule has 1 saturated heterocycles. The Morgan fingerprint density at radius 1 is 1.28 bits per heavy atom. The molecule has 2 heterocycles. The third-order valence-electron chi connectivity index (χ3n) is 4.80. The second kappa shape index (κ2) is 8.32. The molecule has 1 amide bonds. The van der Waals surface area contributed by atoms with E-state index in [1.165, 1.54) is 5.56 Å². The zero-order valence-electron chi connectivity index (χ0n) is 14.9. The Bertz CT molecular complexity index is 657. The molecule has 5 heteroatoms. The number of nitrogens with zero attached hydrogens (tertiary/aromatic N) is 2. The summed E-state index contributed by atoms with van der Waals surface area (Å²) in [5.74, 6) is 0.876. The van der Waals surface area contributed by atoms with Gasteiger partial charge in [0.15, 0.2) is 0 Å². The third kappa shape index (κ3) is 4.71. The Labute approximate surface area is 149 Å². The van der Waals surface area contributed by atoms with Crippen LogP contribution in [-0.4, -0.2) is 48.6 Å². The molecular formula is C20H26N2O3. The van der Waals surface area contributed by atoms with Crippen LogP contribution in [0.1, 0.15) is 30.7 Å². The number of furan rings is 1. The van der Waals surface area contributed by atoms with E-state index in [2.05, 4.69) is 29.2 Å². The summed E-state index contributed by atoms with van der Waals surface area (Å²) in [5.41, 5.74) is 1.29. The zero-order valence-corrected chi connectivity index (χ0v) is 14.9. The molecule has 1 fully saturated rings. The fraction of sp³-hybridized carbons (Fsp3) is 0.450. The minimum absolute atomic E-state index is 0.0591. The maximum atomic E-state index is 12.6. The van der Waals surface area contributed by atoms with Crippen LogP contribution in [-0.2, 0) is 16.1 Å². The van der Waals surface area contributed by atoms with E-state index in [9.17, 15) is 4.79 Å². The van der Waals surface area contributed by atoms with Crippen molar-refractivity contribution in [2.24, 2.45) is 0 Å². The highest BCUT2D eigenvalue weighted by Gasteiger charge is 2.26. The molecule has 2 aromatic rings. The molecule has 134 valence electrons. The molecule has 0 spiro atoms. The Balaban J connectivity index is 1.52. The van der Waals surface area contributed by atoms with Crippen LogP contribution >= 0.6 is 0 Å². The van der Waals surface area contributed by atoms with E-state index in [0.717, 1.165) is 25.4 Å². The summed E-state index contributed by atoms with van der Waals surface area (Å²) < 4.78 is 11.2. The van der Waals surface area contributed by atoms with Crippen LogP contribution in [0.25, 0.3) is 0 Å². The SMILES string of the molecule is CC(c1ccco1)N(C)C(=O)CC1CN(Cc2ccccc2)CCO1. The van der Waals surface area contributed by atoms with Gasteiger partial charge < -0.3 is 14.1 Å². The first kappa shape index (κ1) is 17.7. The van der Waals surface area contributed by atoms with Crippen LogP contribution in [0.3, 0.4) is 0 Å². The average molecular weight is 342 g/mol. The number of hydrogen-bond acceptors (Lipinski definition) is 4. The maximum absolute atomic E-state index is 12.6. The smallest absolute Gasteiger partial charge is 0.225 e. The van der Waals surface area contributed by atoms with E-state index < -0.39 is 0 Å². The monoisotopic (exact) mass is 342 g/mol. The van der Waals surface area contributed by atoms with Crippen molar-refractivity contribution in [3.8, 4) is 0 Å². The van der Waals surface area contributed by atoms with E-state index in [-0.39, 0.29) is 18.1 Å². The van der Waals surface area contributed by atoms with E-state index in [4.69, 9.17) is 9.15 Å². The Kier molecular flexibility index (Phi) is 5.89. The van der Waals surface area contributed by atoms with Gasteiger partial charge in [-0.15, -0.1) is 0 Å². The van der Waals surface area contributed by atoms with E-state index in [0.29, 0.717) is 13.0 Å². The minimum atomic E-state index is -0.0773. The van der Waals surface area contributed by atoms with Gasteiger partial charge in [-0.2, -0.15) is 0 Å². The second-order valence-corrected chi connectivity index (χ2v) is 6.61. The van der Waals surface area contributed by atoms with Gasteiger partial charge in [-0.3, -0.25) is 9.69 Å². The molecule has 0 saturated carbocycles. The highest BCUT2D eigenvalue weighted by Crippen LogP contribution is 2.21. The number of benzene rings is 1. The molecule has 1 aromatic carbocycles. The lowest BCUT2D eigenvalue weighted by atomic mass is 10.1. The molecule has 0 radical (unpaired) electrons. The molecule has 1 aliphatic heterocycles. The molecule has 25 heavy (non-hydrogen) atoms. The van der Waals surface area contributed by atoms with E-state index in [1.54, 1.807) is 11.2 Å². The van der Waals surface area contributed by atoms with Gasteiger partial charge in [0.25, 0.3) is 0 Å². The quantitative estimate of drug-likeness (QED) is 0.809. The van der Waals surface area contributed by atoms with E-state index >= 15 is 0 Å². The van der Waals surface area contributed by atoms with Crippen molar-refractivity contribution in [2.45, 2.75) is 32.0 Å². The fourth-order valence-corrected chi connectivity index (χ4v) is 3.16. The van der Waals surface area contributed by atoms with Gasteiger partial charge in [0.2, 0.25) is 5.91 Å². The van der Waals surface area contributed by atoms with Gasteiger partial charge in [-0.05, 0) is 24.6 Å². The van der Waals surface area contributed by atoms with Gasteiger partial charge in [0.1, 0.15) is 5.76 Å². The molecule has 2 unspecified atom stereocenters. The lowest BCUT2D eigenvalue weighted by Gasteiger charge is -2.34. The third-order valence-corrected chi connectivity index (χ3v) is 4.80. The molecule has 3 rings (SSSR count). The van der Waals surface area contributed by atoms with Crippen molar-refractivity contribution in [2.75, 3.05) is 26.7 Å². The van der Waals surface area contributed by atoms with Crippen molar-refractivity contribution < 1.29 is 13.9 Å². The summed E-state index contributed by atoms with van der Waals surface area (Å²) in [4.78, 5) is 16.7. The number of amides is 1. The van der Waals surface area contributed by atoms with Crippen molar-refractivity contribution in [3.05, 3.63) is 60.1 Å². The second-order valence-electron chi connectivity index (χ2n) is 6.61. The summed E-state index contributed by atoms with van der Waals surface area (Å²) >= 11 is 0. The van der Waals surface area contributed by atoms with Crippen molar-refractivity contribution in [1.82, 2.24) is 9.80 Å². The van der Waals surface area contributed by atoms with Crippen LogP contribution in [0.4, 0.5) is 0 Å². The van der Waals surface area contributed by atoms with Gasteiger partial charge in [0.05, 0.1) is 31.4 Å². The number of hydrogen-bond donors (Lipinski definition) is 0. The van der Waals surface area contributed by atoms with Gasteiger partial charge in [-0.1, -0.05) is 30.3 Å². The van der Waals surface area contributed by atoms with Gasteiger partial charge in [0, 0.05) is 26.7 Å². The van der Waals surface area contributed by atoms with E-state index in [1.807, 2.05) is 32.2 Å². The molecule has 0 N–H and O–H groups in total. The predicted octanol–water partition coefficient (Wildman–Crippen LogP) is 3.09. The summed E-state index contributed by atoms with van der Waals surface area (Å²) in [6.07, 6.45) is 1.97. The average Bonchev–Trinajstić information content (AvgIpc) is 3.16. The van der Waals surface area contributed by atoms with Gasteiger partial charge in [-0.25, -0.2) is 0 Å². The zero-order chi connectivity index (χ0) is 17.6. The molecule has 0 bridgehead atoms. The van der Waals surface area contributed by atoms with Gasteiger partial charge >= 0.3 is 0 Å². The van der Waals surface area contributed by atoms with Crippen LogP contribution in [0.15, 0.2) is 53.1 Å². The molecule has 1 aromatic heterocycles. The molecule has 5 nitrogen and oxygen atoms in total. The highest BCUT2D eigenvalue weighted by atomic mass is 16.5. The lowest BCUT2D eigenvalue weighted by Crippen LogP contribution is -2.44. The molecule has 2 atom stereocenters. The summed E-state index contributed by atoms with van der Waals surface area (Å²) in [5, 5.41) is 0. The number of ether oxygens (including phenoxy) is 1. The Morgan fingerprint density at radius 3 is 2.80 bits per heavy atom. The first-order valence-electron chi connectivity index (χ1n) is 8.80. The van der Waals surface area contributed by atoms with Crippen LogP contribution in [0, 0.1) is 0 Å². The summed E-state index contributed by atoms with van der Waals surface area (Å²) in [7, 11) is 1.82. The first-order valence-corrected chi connectivity index (χ1v) is 8.80. The standard InChI is InChI=1S/C20H26N2O3/c1-16(19-9-6-11-25-19)21(2)20(23)13-18-15-22(10-12-24-18)14-17-7-4-3-5-8-17/h3-9,11,16,18H,10,12-15H2,1-2H3. The van der Waals surface area contributed by atoms with Crippen LogP contribution in [0.5, 0.6) is 0 Å². The minimum Gasteiger partial charge on any atom is -0.467 e. The van der Waals surface area contributed by atoms with Crippen molar-refractivity contribution in [1.29, 1.82) is 0 Å². The fourth-order valence-electron chi connectivity index (χ4n) is 3.16. The van der Waals surface area contributed by atoms with Crippen molar-refractivity contribution >= 4 is 5.91 Å². The number of morpholine rings is 1. The van der Waals surface area contributed by atoms with Crippen LogP contribution in [0.2, 0.25) is 0 Å². The van der Waals surface area contributed by atoms with Crippen molar-refractivity contribution in [3.63, 3.8) is 0 Å². The first-order chi connectivity index (χ1) is 12.1. The molecule has 1 aliphatic rings. The topological polar surface area (TPSA) is 45.9 Å². The number of carbonyl (C=O) groups is 1. The Morgan fingerprint density at radius 2 is 2.08 bits per heavy atom. The number of rotatable bonds is 6. The number of carbonyl (C=O) groups excluding carboxylic acids is 1. The largest absolute Gasteiger partial charge is 0.467 e. The van der Waals surface area contributed by atoms with Crippen LogP contribution < -0.4 is 0 Å². The highest BCUT2D eigenvalue weighted by molar-refractivity contribution is 5.76. The molecule has 0 aliphatic carbocycles. The summed E-state index contributed by atoms with van der Waals surface area (Å²) in [6.45, 7) is 5.22. The molecular weight excluding hydrogens is 316 g/mol. The normalized spacial score (nSPS) is 19.5.